The first kappa shape index (κ1) is 16.3. The third kappa shape index (κ3) is 3.40. The van der Waals surface area contributed by atoms with E-state index in [1.54, 1.807) is 18.2 Å². The van der Waals surface area contributed by atoms with Gasteiger partial charge in [-0.25, -0.2) is 13.2 Å². The molecule has 0 bridgehead atoms. The van der Waals surface area contributed by atoms with Crippen molar-refractivity contribution in [1.29, 1.82) is 0 Å². The highest BCUT2D eigenvalue weighted by Crippen LogP contribution is 2.26. The number of esters is 1. The first-order valence-corrected chi connectivity index (χ1v) is 8.67. The Hall–Kier alpha value is -2.06. The molecule has 1 aromatic carbocycles. The van der Waals surface area contributed by atoms with E-state index in [2.05, 4.69) is 9.46 Å². The zero-order valence-electron chi connectivity index (χ0n) is 12.4. The maximum absolute atomic E-state index is 12.5. The molecule has 0 saturated carbocycles. The number of rotatable bonds is 5. The fraction of sp³-hybridized carbons (Fsp3) is 0.214. The summed E-state index contributed by atoms with van der Waals surface area (Å²) < 4.78 is 32.0. The van der Waals surface area contributed by atoms with Gasteiger partial charge in [-0.15, -0.1) is 11.3 Å². The van der Waals surface area contributed by atoms with Crippen LogP contribution in [0.25, 0.3) is 0 Å². The Balaban J connectivity index is 2.35. The maximum Gasteiger partial charge on any atom is 0.349 e. The second-order valence-electron chi connectivity index (χ2n) is 4.66. The average Bonchev–Trinajstić information content (AvgIpc) is 2.96. The molecule has 0 radical (unpaired) electrons. The summed E-state index contributed by atoms with van der Waals surface area (Å²) in [6.45, 7) is 0. The molecule has 0 aliphatic heterocycles. The SMILES string of the molecule is COC(=O)c1sccc1S(=O)(=O)Nc1cccc(N(C)C)c1. The highest BCUT2D eigenvalue weighted by molar-refractivity contribution is 7.93. The lowest BCUT2D eigenvalue weighted by molar-refractivity contribution is 0.0602. The van der Waals surface area contributed by atoms with Crippen LogP contribution in [0.1, 0.15) is 9.67 Å². The van der Waals surface area contributed by atoms with Gasteiger partial charge in [-0.2, -0.15) is 0 Å². The molecule has 0 aliphatic rings. The Labute approximate surface area is 133 Å². The van der Waals surface area contributed by atoms with E-state index in [1.165, 1.54) is 18.6 Å². The summed E-state index contributed by atoms with van der Waals surface area (Å²) in [7, 11) is 1.08. The summed E-state index contributed by atoms with van der Waals surface area (Å²) >= 11 is 1.03. The summed E-state index contributed by atoms with van der Waals surface area (Å²) in [5, 5.41) is 1.54. The molecule has 0 spiro atoms. The van der Waals surface area contributed by atoms with Crippen molar-refractivity contribution in [2.45, 2.75) is 4.90 Å². The summed E-state index contributed by atoms with van der Waals surface area (Å²) in [6, 6.07) is 8.36. The van der Waals surface area contributed by atoms with Gasteiger partial charge in [0.15, 0.2) is 0 Å². The number of carbonyl (C=O) groups is 1. The number of nitrogens with one attached hydrogen (secondary N) is 1. The van der Waals surface area contributed by atoms with Crippen molar-refractivity contribution in [2.75, 3.05) is 30.8 Å². The molecule has 0 unspecified atom stereocenters. The fourth-order valence-corrected chi connectivity index (χ4v) is 4.19. The topological polar surface area (TPSA) is 75.7 Å². The normalized spacial score (nSPS) is 11.0. The van der Waals surface area contributed by atoms with Gasteiger partial charge in [-0.05, 0) is 29.6 Å². The molecule has 2 rings (SSSR count). The van der Waals surface area contributed by atoms with Gasteiger partial charge in [0.1, 0.15) is 9.77 Å². The number of thiophene rings is 1. The molecule has 118 valence electrons. The van der Waals surface area contributed by atoms with Crippen LogP contribution >= 0.6 is 11.3 Å². The Bertz CT molecular complexity index is 782. The Morgan fingerprint density at radius 1 is 1.27 bits per heavy atom. The number of methoxy groups -OCH3 is 1. The van der Waals surface area contributed by atoms with Crippen LogP contribution < -0.4 is 9.62 Å². The minimum Gasteiger partial charge on any atom is -0.465 e. The summed E-state index contributed by atoms with van der Waals surface area (Å²) in [5.74, 6) is -0.669. The number of hydrogen-bond donors (Lipinski definition) is 1. The zero-order valence-corrected chi connectivity index (χ0v) is 14.0. The van der Waals surface area contributed by atoms with Gasteiger partial charge in [-0.1, -0.05) is 6.07 Å². The van der Waals surface area contributed by atoms with Gasteiger partial charge in [0.05, 0.1) is 12.8 Å². The van der Waals surface area contributed by atoms with E-state index in [4.69, 9.17) is 0 Å². The van der Waals surface area contributed by atoms with E-state index in [0.29, 0.717) is 5.69 Å². The molecule has 1 aromatic heterocycles. The maximum atomic E-state index is 12.5. The van der Waals surface area contributed by atoms with E-state index < -0.39 is 16.0 Å². The standard InChI is InChI=1S/C14H16N2O4S2/c1-16(2)11-6-4-5-10(9-11)15-22(18,19)12-7-8-21-13(12)14(17)20-3/h4-9,15H,1-3H3. The van der Waals surface area contributed by atoms with E-state index in [9.17, 15) is 13.2 Å². The van der Waals surface area contributed by atoms with Crippen molar-refractivity contribution in [3.05, 3.63) is 40.6 Å². The van der Waals surface area contributed by atoms with Crippen molar-refractivity contribution >= 4 is 38.7 Å². The van der Waals surface area contributed by atoms with Gasteiger partial charge in [-0.3, -0.25) is 4.72 Å². The third-order valence-corrected chi connectivity index (χ3v) is 5.35. The third-order valence-electron chi connectivity index (χ3n) is 2.90. The highest BCUT2D eigenvalue weighted by atomic mass is 32.2. The molecular weight excluding hydrogens is 324 g/mol. The van der Waals surface area contributed by atoms with Crippen LogP contribution in [0.15, 0.2) is 40.6 Å². The lowest BCUT2D eigenvalue weighted by Gasteiger charge is -2.14. The fourth-order valence-electron chi connectivity index (χ4n) is 1.81. The van der Waals surface area contributed by atoms with Crippen LogP contribution in [-0.2, 0) is 14.8 Å². The predicted molar refractivity (Wildman–Crippen MR) is 87.2 cm³/mol. The summed E-state index contributed by atoms with van der Waals surface area (Å²) in [6.07, 6.45) is 0. The molecular formula is C14H16N2O4S2. The van der Waals surface area contributed by atoms with Crippen molar-refractivity contribution in [1.82, 2.24) is 0 Å². The van der Waals surface area contributed by atoms with E-state index in [0.717, 1.165) is 17.0 Å². The van der Waals surface area contributed by atoms with Crippen LogP contribution in [0, 0.1) is 0 Å². The van der Waals surface area contributed by atoms with Crippen LogP contribution in [0.5, 0.6) is 0 Å². The van der Waals surface area contributed by atoms with Crippen molar-refractivity contribution in [2.24, 2.45) is 0 Å². The highest BCUT2D eigenvalue weighted by Gasteiger charge is 2.24. The van der Waals surface area contributed by atoms with Gasteiger partial charge < -0.3 is 9.64 Å². The van der Waals surface area contributed by atoms with E-state index >= 15 is 0 Å². The lowest BCUT2D eigenvalue weighted by Crippen LogP contribution is -2.16. The first-order valence-electron chi connectivity index (χ1n) is 6.31. The number of ether oxygens (including phenoxy) is 1. The van der Waals surface area contributed by atoms with Gasteiger partial charge >= 0.3 is 5.97 Å². The largest absolute Gasteiger partial charge is 0.465 e. The van der Waals surface area contributed by atoms with Crippen LogP contribution in [-0.4, -0.2) is 35.6 Å². The summed E-state index contributed by atoms with van der Waals surface area (Å²) in [5.41, 5.74) is 1.28. The number of sulfonamides is 1. The minimum atomic E-state index is -3.86. The Morgan fingerprint density at radius 2 is 2.00 bits per heavy atom. The molecule has 0 atom stereocenters. The van der Waals surface area contributed by atoms with E-state index in [-0.39, 0.29) is 9.77 Å². The molecule has 6 nitrogen and oxygen atoms in total. The number of hydrogen-bond acceptors (Lipinski definition) is 6. The van der Waals surface area contributed by atoms with Crippen LogP contribution in [0.3, 0.4) is 0 Å². The van der Waals surface area contributed by atoms with Crippen LogP contribution in [0.2, 0.25) is 0 Å². The van der Waals surface area contributed by atoms with Gasteiger partial charge in [0, 0.05) is 19.8 Å². The molecule has 22 heavy (non-hydrogen) atoms. The summed E-state index contributed by atoms with van der Waals surface area (Å²) in [4.78, 5) is 13.5. The molecule has 8 heteroatoms. The smallest absolute Gasteiger partial charge is 0.349 e. The average molecular weight is 340 g/mol. The number of benzene rings is 1. The second kappa shape index (κ2) is 6.37. The zero-order chi connectivity index (χ0) is 16.3. The molecule has 0 fully saturated rings. The lowest BCUT2D eigenvalue weighted by atomic mass is 10.3. The molecule has 1 heterocycles. The molecule has 1 N–H and O–H groups in total. The minimum absolute atomic E-state index is 0.0544. The molecule has 2 aromatic rings. The monoisotopic (exact) mass is 340 g/mol. The van der Waals surface area contributed by atoms with Crippen molar-refractivity contribution in [3.8, 4) is 0 Å². The molecule has 0 amide bonds. The molecule has 0 aliphatic carbocycles. The van der Waals surface area contributed by atoms with Gasteiger partial charge in [0.25, 0.3) is 10.0 Å². The molecule has 0 saturated heterocycles. The number of carbonyl (C=O) groups excluding carboxylic acids is 1. The van der Waals surface area contributed by atoms with E-state index in [1.807, 2.05) is 25.1 Å². The van der Waals surface area contributed by atoms with Gasteiger partial charge in [0.2, 0.25) is 0 Å². The second-order valence-corrected chi connectivity index (χ2v) is 7.22. The Kier molecular flexibility index (Phi) is 4.72. The van der Waals surface area contributed by atoms with Crippen molar-refractivity contribution < 1.29 is 17.9 Å². The first-order chi connectivity index (χ1) is 10.3. The Morgan fingerprint density at radius 3 is 2.64 bits per heavy atom. The number of nitrogens with zero attached hydrogens (tertiary/aromatic N) is 1. The van der Waals surface area contributed by atoms with Crippen LogP contribution in [0.4, 0.5) is 11.4 Å². The predicted octanol–water partition coefficient (Wildman–Crippen LogP) is 2.40. The quantitative estimate of drug-likeness (QED) is 0.846. The van der Waals surface area contributed by atoms with Crippen molar-refractivity contribution in [3.63, 3.8) is 0 Å². The number of anilines is 2.